The second kappa shape index (κ2) is 8.79. The van der Waals surface area contributed by atoms with Crippen LogP contribution in [0.1, 0.15) is 19.4 Å². The molecule has 27 heavy (non-hydrogen) atoms. The van der Waals surface area contributed by atoms with Gasteiger partial charge in [0, 0.05) is 18.2 Å². The summed E-state index contributed by atoms with van der Waals surface area (Å²) in [6, 6.07) is 5.23. The van der Waals surface area contributed by atoms with E-state index in [1.807, 2.05) is 0 Å². The van der Waals surface area contributed by atoms with Crippen LogP contribution in [0.4, 0.5) is 19.8 Å². The predicted octanol–water partition coefficient (Wildman–Crippen LogP) is 1.68. The Labute approximate surface area is 154 Å². The molecular weight excluding hydrogens is 357 g/mol. The van der Waals surface area contributed by atoms with Crippen molar-refractivity contribution in [3.8, 4) is 5.75 Å². The second-order valence-electron chi connectivity index (χ2n) is 5.81. The minimum absolute atomic E-state index is 0.116. The Morgan fingerprint density at radius 3 is 2.67 bits per heavy atom. The summed E-state index contributed by atoms with van der Waals surface area (Å²) >= 11 is 0. The number of nitrogens with zero attached hydrogens (tertiary/aromatic N) is 2. The average molecular weight is 377 g/mol. The van der Waals surface area contributed by atoms with E-state index in [9.17, 15) is 18.8 Å². The molecule has 1 aromatic heterocycles. The number of amides is 3. The van der Waals surface area contributed by atoms with Gasteiger partial charge in [0.15, 0.2) is 11.6 Å². The number of carbonyl (C=O) groups excluding carboxylic acids is 2. The van der Waals surface area contributed by atoms with Gasteiger partial charge in [-0.25, -0.2) is 23.3 Å². The number of urea groups is 1. The van der Waals surface area contributed by atoms with E-state index >= 15 is 0 Å². The van der Waals surface area contributed by atoms with E-state index in [1.54, 1.807) is 38.1 Å². The largest absolute Gasteiger partial charge is 0.496 e. The highest BCUT2D eigenvalue weighted by Gasteiger charge is 2.16. The Bertz CT molecular complexity index is 897. The maximum absolute atomic E-state index is 14.1. The van der Waals surface area contributed by atoms with Gasteiger partial charge < -0.3 is 15.4 Å². The number of hydrogen-bond donors (Lipinski definition) is 3. The van der Waals surface area contributed by atoms with Crippen LogP contribution >= 0.6 is 0 Å². The molecule has 2 aromatic rings. The normalized spacial score (nSPS) is 10.4. The average Bonchev–Trinajstić information content (AvgIpc) is 2.62. The van der Waals surface area contributed by atoms with Crippen LogP contribution < -0.4 is 26.4 Å². The van der Waals surface area contributed by atoms with Gasteiger partial charge >= 0.3 is 17.8 Å². The Morgan fingerprint density at radius 1 is 1.30 bits per heavy atom. The highest BCUT2D eigenvalue weighted by molar-refractivity contribution is 5.88. The zero-order valence-corrected chi connectivity index (χ0v) is 15.1. The van der Waals surface area contributed by atoms with E-state index in [2.05, 4.69) is 20.9 Å². The lowest BCUT2D eigenvalue weighted by Crippen LogP contribution is -2.41. The first kappa shape index (κ1) is 19.9. The molecule has 0 unspecified atom stereocenters. The molecule has 0 atom stereocenters. The number of halogens is 1. The van der Waals surface area contributed by atoms with E-state index in [0.29, 0.717) is 22.1 Å². The number of ether oxygens (including phenoxy) is 1. The fourth-order valence-electron chi connectivity index (χ4n) is 2.16. The molecule has 0 fully saturated rings. The zero-order chi connectivity index (χ0) is 20.0. The lowest BCUT2D eigenvalue weighted by Gasteiger charge is -2.12. The van der Waals surface area contributed by atoms with Gasteiger partial charge in [-0.15, -0.1) is 0 Å². The predicted molar refractivity (Wildman–Crippen MR) is 96.4 cm³/mol. The SMILES string of the molecule is COc1ccccc1CNC(=O)Nc1nc(=O)n(C(=O)NC(C)C)cc1F. The number of carbonyl (C=O) groups is 2. The number of aromatic nitrogens is 2. The number of para-hydroxylation sites is 1. The molecule has 0 aliphatic carbocycles. The van der Waals surface area contributed by atoms with Crippen LogP contribution in [0.5, 0.6) is 5.75 Å². The fraction of sp³-hybridized carbons (Fsp3) is 0.294. The summed E-state index contributed by atoms with van der Waals surface area (Å²) in [6.45, 7) is 3.49. The number of methoxy groups -OCH3 is 1. The first-order valence-electron chi connectivity index (χ1n) is 8.08. The molecule has 0 saturated carbocycles. The molecule has 3 amide bonds. The van der Waals surface area contributed by atoms with Crippen molar-refractivity contribution in [1.29, 1.82) is 0 Å². The molecule has 10 heteroatoms. The quantitative estimate of drug-likeness (QED) is 0.733. The molecule has 1 heterocycles. The summed E-state index contributed by atoms with van der Waals surface area (Å²) in [4.78, 5) is 39.1. The molecule has 0 radical (unpaired) electrons. The summed E-state index contributed by atoms with van der Waals surface area (Å²) in [5.74, 6) is -1.02. The number of benzene rings is 1. The number of anilines is 1. The molecule has 0 bridgehead atoms. The van der Waals surface area contributed by atoms with Crippen molar-refractivity contribution in [3.63, 3.8) is 0 Å². The number of hydrogen-bond acceptors (Lipinski definition) is 5. The van der Waals surface area contributed by atoms with E-state index in [0.717, 1.165) is 0 Å². The Hall–Kier alpha value is -3.43. The zero-order valence-electron chi connectivity index (χ0n) is 15.1. The minimum Gasteiger partial charge on any atom is -0.496 e. The smallest absolute Gasteiger partial charge is 0.358 e. The topological polar surface area (TPSA) is 114 Å². The van der Waals surface area contributed by atoms with Crippen molar-refractivity contribution in [2.45, 2.75) is 26.4 Å². The summed E-state index contributed by atoms with van der Waals surface area (Å²) in [6.07, 6.45) is 0.670. The summed E-state index contributed by atoms with van der Waals surface area (Å²) in [5, 5.41) is 7.09. The Morgan fingerprint density at radius 2 is 2.00 bits per heavy atom. The highest BCUT2D eigenvalue weighted by atomic mass is 19.1. The van der Waals surface area contributed by atoms with Crippen LogP contribution in [-0.2, 0) is 6.54 Å². The molecule has 1 aromatic carbocycles. The standard InChI is InChI=1S/C17H20FN5O4/c1-10(2)20-16(25)23-9-12(18)14(22-17(23)26)21-15(24)19-8-11-6-4-5-7-13(11)27-3/h4-7,9-10H,8H2,1-3H3,(H,20,25)(H2,19,21,22,24,26). The van der Waals surface area contributed by atoms with Gasteiger partial charge in [-0.1, -0.05) is 18.2 Å². The van der Waals surface area contributed by atoms with Gasteiger partial charge in [0.25, 0.3) is 0 Å². The first-order chi connectivity index (χ1) is 12.8. The summed E-state index contributed by atoms with van der Waals surface area (Å²) < 4.78 is 19.8. The van der Waals surface area contributed by atoms with Crippen LogP contribution in [0, 0.1) is 5.82 Å². The lowest BCUT2D eigenvalue weighted by atomic mass is 10.2. The van der Waals surface area contributed by atoms with Gasteiger partial charge in [-0.05, 0) is 19.9 Å². The van der Waals surface area contributed by atoms with Crippen molar-refractivity contribution in [3.05, 3.63) is 52.3 Å². The minimum atomic E-state index is -1.03. The molecular formula is C17H20FN5O4. The molecule has 9 nitrogen and oxygen atoms in total. The van der Waals surface area contributed by atoms with Crippen LogP contribution in [0.25, 0.3) is 0 Å². The first-order valence-corrected chi connectivity index (χ1v) is 8.08. The number of rotatable bonds is 5. The second-order valence-corrected chi connectivity index (χ2v) is 5.81. The van der Waals surface area contributed by atoms with Gasteiger partial charge in [0.05, 0.1) is 13.3 Å². The van der Waals surface area contributed by atoms with Crippen molar-refractivity contribution in [2.75, 3.05) is 12.4 Å². The Balaban J connectivity index is 2.06. The molecule has 2 rings (SSSR count). The van der Waals surface area contributed by atoms with Crippen LogP contribution in [0.3, 0.4) is 0 Å². The highest BCUT2D eigenvalue weighted by Crippen LogP contribution is 2.16. The fourth-order valence-corrected chi connectivity index (χ4v) is 2.16. The lowest BCUT2D eigenvalue weighted by molar-refractivity contribution is 0.238. The van der Waals surface area contributed by atoms with Gasteiger partial charge in [0.1, 0.15) is 5.75 Å². The molecule has 0 saturated heterocycles. The van der Waals surface area contributed by atoms with Crippen molar-refractivity contribution >= 4 is 17.9 Å². The number of nitrogens with one attached hydrogen (secondary N) is 3. The van der Waals surface area contributed by atoms with E-state index in [-0.39, 0.29) is 12.6 Å². The van der Waals surface area contributed by atoms with Crippen molar-refractivity contribution in [1.82, 2.24) is 20.2 Å². The van der Waals surface area contributed by atoms with Crippen LogP contribution in [0.2, 0.25) is 0 Å². The Kier molecular flexibility index (Phi) is 6.47. The summed E-state index contributed by atoms with van der Waals surface area (Å²) in [5.41, 5.74) is -0.307. The molecule has 0 aliphatic rings. The monoisotopic (exact) mass is 377 g/mol. The third-order valence-electron chi connectivity index (χ3n) is 3.38. The summed E-state index contributed by atoms with van der Waals surface area (Å²) in [7, 11) is 1.50. The van der Waals surface area contributed by atoms with Crippen molar-refractivity contribution in [2.24, 2.45) is 0 Å². The van der Waals surface area contributed by atoms with E-state index in [4.69, 9.17) is 4.74 Å². The molecule has 0 spiro atoms. The van der Waals surface area contributed by atoms with E-state index in [1.165, 1.54) is 7.11 Å². The maximum Gasteiger partial charge on any atom is 0.358 e. The third kappa shape index (κ3) is 5.27. The third-order valence-corrected chi connectivity index (χ3v) is 3.38. The van der Waals surface area contributed by atoms with Gasteiger partial charge in [-0.2, -0.15) is 4.98 Å². The molecule has 144 valence electrons. The molecule has 0 aliphatic heterocycles. The van der Waals surface area contributed by atoms with Crippen molar-refractivity contribution < 1.29 is 18.7 Å². The van der Waals surface area contributed by atoms with E-state index < -0.39 is 29.4 Å². The van der Waals surface area contributed by atoms with Crippen LogP contribution in [-0.4, -0.2) is 34.8 Å². The maximum atomic E-state index is 14.1. The van der Waals surface area contributed by atoms with Crippen LogP contribution in [0.15, 0.2) is 35.3 Å². The van der Waals surface area contributed by atoms with Gasteiger partial charge in [-0.3, -0.25) is 5.32 Å². The van der Waals surface area contributed by atoms with Gasteiger partial charge in [0.2, 0.25) is 0 Å². The molecule has 3 N–H and O–H groups in total.